The summed E-state index contributed by atoms with van der Waals surface area (Å²) in [5, 5.41) is 11.7. The van der Waals surface area contributed by atoms with E-state index in [4.69, 9.17) is 9.52 Å². The number of carboxylic acids is 1. The first-order chi connectivity index (χ1) is 10.4. The van der Waals surface area contributed by atoms with E-state index in [9.17, 15) is 9.59 Å². The Morgan fingerprint density at radius 2 is 1.91 bits per heavy atom. The minimum absolute atomic E-state index is 0.183. The van der Waals surface area contributed by atoms with Gasteiger partial charge in [0.15, 0.2) is 0 Å². The highest BCUT2D eigenvalue weighted by molar-refractivity contribution is 5.97. The minimum atomic E-state index is -1.03. The van der Waals surface area contributed by atoms with Crippen molar-refractivity contribution >= 4 is 11.9 Å². The summed E-state index contributed by atoms with van der Waals surface area (Å²) in [6.45, 7) is 6.12. The molecule has 0 saturated carbocycles. The molecule has 0 spiro atoms. The number of carboxylic acid groups (broad SMARTS) is 1. The molecular weight excluding hydrogens is 282 g/mol. The van der Waals surface area contributed by atoms with Crippen molar-refractivity contribution in [2.75, 3.05) is 0 Å². The molecule has 0 fully saturated rings. The van der Waals surface area contributed by atoms with Crippen LogP contribution < -0.4 is 5.32 Å². The number of rotatable bonds is 5. The predicted octanol–water partition coefficient (Wildman–Crippen LogP) is 2.76. The Bertz CT molecular complexity index is 715. The van der Waals surface area contributed by atoms with Crippen LogP contribution in [0.3, 0.4) is 0 Å². The maximum absolute atomic E-state index is 12.3. The number of aliphatic carboxylic acids is 1. The topological polar surface area (TPSA) is 79.5 Å². The van der Waals surface area contributed by atoms with Crippen molar-refractivity contribution in [2.45, 2.75) is 33.7 Å². The number of carbonyl (C=O) groups excluding carboxylic acids is 1. The molecular formula is C17H19NO4. The van der Waals surface area contributed by atoms with E-state index in [-0.39, 0.29) is 18.1 Å². The van der Waals surface area contributed by atoms with E-state index in [0.717, 1.165) is 11.1 Å². The Kier molecular flexibility index (Phi) is 4.65. The normalized spacial score (nSPS) is 10.5. The standard InChI is InChI=1S/C17H19NO4/c1-10-4-5-13(11(2)6-10)8-18-17(21)16-12(3)9-22-14(16)7-15(19)20/h4-6,9H,7-8H2,1-3H3,(H,18,21)(H,19,20). The summed E-state index contributed by atoms with van der Waals surface area (Å²) in [7, 11) is 0. The van der Waals surface area contributed by atoms with Gasteiger partial charge >= 0.3 is 5.97 Å². The molecule has 2 rings (SSSR count). The highest BCUT2D eigenvalue weighted by Gasteiger charge is 2.20. The highest BCUT2D eigenvalue weighted by atomic mass is 16.4. The summed E-state index contributed by atoms with van der Waals surface area (Å²) < 4.78 is 5.18. The number of furan rings is 1. The van der Waals surface area contributed by atoms with Crippen LogP contribution in [0.2, 0.25) is 0 Å². The Hall–Kier alpha value is -2.56. The van der Waals surface area contributed by atoms with E-state index in [1.807, 2.05) is 26.0 Å². The first kappa shape index (κ1) is 15.8. The lowest BCUT2D eigenvalue weighted by Crippen LogP contribution is -2.25. The number of carbonyl (C=O) groups is 2. The zero-order valence-corrected chi connectivity index (χ0v) is 12.9. The van der Waals surface area contributed by atoms with Crippen molar-refractivity contribution in [3.63, 3.8) is 0 Å². The van der Waals surface area contributed by atoms with Gasteiger partial charge in [-0.3, -0.25) is 9.59 Å². The summed E-state index contributed by atoms with van der Waals surface area (Å²) in [6, 6.07) is 6.03. The third kappa shape index (κ3) is 3.55. The lowest BCUT2D eigenvalue weighted by Gasteiger charge is -2.09. The fourth-order valence-electron chi connectivity index (χ4n) is 2.38. The quantitative estimate of drug-likeness (QED) is 0.890. The summed E-state index contributed by atoms with van der Waals surface area (Å²) in [6.07, 6.45) is 1.10. The number of nitrogens with one attached hydrogen (secondary N) is 1. The lowest BCUT2D eigenvalue weighted by molar-refractivity contribution is -0.136. The van der Waals surface area contributed by atoms with Gasteiger partial charge < -0.3 is 14.8 Å². The fraction of sp³-hybridized carbons (Fsp3) is 0.294. The van der Waals surface area contributed by atoms with Crippen molar-refractivity contribution in [1.82, 2.24) is 5.32 Å². The van der Waals surface area contributed by atoms with E-state index in [2.05, 4.69) is 11.4 Å². The Labute approximate surface area is 129 Å². The molecule has 0 aliphatic carbocycles. The predicted molar refractivity (Wildman–Crippen MR) is 81.9 cm³/mol. The van der Waals surface area contributed by atoms with Gasteiger partial charge in [-0.25, -0.2) is 0 Å². The molecule has 1 aromatic carbocycles. The molecule has 1 amide bonds. The van der Waals surface area contributed by atoms with Gasteiger partial charge in [0.1, 0.15) is 12.2 Å². The smallest absolute Gasteiger partial charge is 0.311 e. The second kappa shape index (κ2) is 6.47. The van der Waals surface area contributed by atoms with Gasteiger partial charge in [-0.15, -0.1) is 0 Å². The number of aryl methyl sites for hydroxylation is 3. The van der Waals surface area contributed by atoms with E-state index >= 15 is 0 Å². The molecule has 1 aromatic heterocycles. The van der Waals surface area contributed by atoms with Crippen molar-refractivity contribution in [3.8, 4) is 0 Å². The van der Waals surface area contributed by atoms with E-state index in [1.165, 1.54) is 11.8 Å². The summed E-state index contributed by atoms with van der Waals surface area (Å²) >= 11 is 0. The number of hydrogen-bond acceptors (Lipinski definition) is 3. The number of benzene rings is 1. The van der Waals surface area contributed by atoms with Crippen LogP contribution in [0.1, 0.15) is 38.4 Å². The molecule has 0 atom stereocenters. The molecule has 2 aromatic rings. The number of hydrogen-bond donors (Lipinski definition) is 2. The van der Waals surface area contributed by atoms with Crippen LogP contribution in [-0.2, 0) is 17.8 Å². The lowest BCUT2D eigenvalue weighted by atomic mass is 10.1. The average Bonchev–Trinajstić information content (AvgIpc) is 2.77. The maximum atomic E-state index is 12.3. The summed E-state index contributed by atoms with van der Waals surface area (Å²) in [5.41, 5.74) is 4.25. The molecule has 0 aliphatic rings. The zero-order chi connectivity index (χ0) is 16.3. The molecule has 116 valence electrons. The Morgan fingerprint density at radius 1 is 1.18 bits per heavy atom. The van der Waals surface area contributed by atoms with Crippen LogP contribution in [0.5, 0.6) is 0 Å². The van der Waals surface area contributed by atoms with Crippen LogP contribution in [0.25, 0.3) is 0 Å². The fourth-order valence-corrected chi connectivity index (χ4v) is 2.38. The Morgan fingerprint density at radius 3 is 2.55 bits per heavy atom. The van der Waals surface area contributed by atoms with Crippen molar-refractivity contribution in [2.24, 2.45) is 0 Å². The minimum Gasteiger partial charge on any atom is -0.481 e. The molecule has 0 unspecified atom stereocenters. The molecule has 1 heterocycles. The van der Waals surface area contributed by atoms with Crippen molar-refractivity contribution in [3.05, 3.63) is 58.0 Å². The van der Waals surface area contributed by atoms with Crippen molar-refractivity contribution in [1.29, 1.82) is 0 Å². The van der Waals surface area contributed by atoms with Gasteiger partial charge in [0.05, 0.1) is 11.8 Å². The van der Waals surface area contributed by atoms with Crippen LogP contribution >= 0.6 is 0 Å². The first-order valence-electron chi connectivity index (χ1n) is 7.01. The third-order valence-electron chi connectivity index (χ3n) is 3.53. The van der Waals surface area contributed by atoms with E-state index in [0.29, 0.717) is 17.7 Å². The van der Waals surface area contributed by atoms with Crippen LogP contribution in [0.15, 0.2) is 28.9 Å². The van der Waals surface area contributed by atoms with E-state index in [1.54, 1.807) is 6.92 Å². The van der Waals surface area contributed by atoms with Gasteiger partial charge in [-0.05, 0) is 31.9 Å². The highest BCUT2D eigenvalue weighted by Crippen LogP contribution is 2.18. The summed E-state index contributed by atoms with van der Waals surface area (Å²) in [4.78, 5) is 23.1. The van der Waals surface area contributed by atoms with Gasteiger partial charge in [0, 0.05) is 12.1 Å². The van der Waals surface area contributed by atoms with E-state index < -0.39 is 5.97 Å². The zero-order valence-electron chi connectivity index (χ0n) is 12.9. The second-order valence-corrected chi connectivity index (χ2v) is 5.40. The van der Waals surface area contributed by atoms with Crippen LogP contribution in [0, 0.1) is 20.8 Å². The van der Waals surface area contributed by atoms with Gasteiger partial charge in [-0.1, -0.05) is 23.8 Å². The second-order valence-electron chi connectivity index (χ2n) is 5.40. The molecule has 0 radical (unpaired) electrons. The third-order valence-corrected chi connectivity index (χ3v) is 3.53. The van der Waals surface area contributed by atoms with Crippen LogP contribution in [0.4, 0.5) is 0 Å². The molecule has 5 heteroatoms. The monoisotopic (exact) mass is 301 g/mol. The SMILES string of the molecule is Cc1ccc(CNC(=O)c2c(C)coc2CC(=O)O)c(C)c1. The number of amides is 1. The average molecular weight is 301 g/mol. The van der Waals surface area contributed by atoms with Gasteiger partial charge in [-0.2, -0.15) is 0 Å². The Balaban J connectivity index is 2.12. The molecule has 22 heavy (non-hydrogen) atoms. The van der Waals surface area contributed by atoms with Gasteiger partial charge in [0.2, 0.25) is 0 Å². The molecule has 0 saturated heterocycles. The van der Waals surface area contributed by atoms with Crippen molar-refractivity contribution < 1.29 is 19.1 Å². The first-order valence-corrected chi connectivity index (χ1v) is 7.01. The maximum Gasteiger partial charge on any atom is 0.311 e. The largest absolute Gasteiger partial charge is 0.481 e. The van der Waals surface area contributed by atoms with Crippen LogP contribution in [-0.4, -0.2) is 17.0 Å². The summed E-state index contributed by atoms with van der Waals surface area (Å²) in [5.74, 6) is -1.16. The molecule has 0 aliphatic heterocycles. The van der Waals surface area contributed by atoms with Gasteiger partial charge in [0.25, 0.3) is 5.91 Å². The molecule has 5 nitrogen and oxygen atoms in total. The molecule has 2 N–H and O–H groups in total. The molecule has 0 bridgehead atoms.